The van der Waals surface area contributed by atoms with Crippen molar-refractivity contribution in [2.24, 2.45) is 11.3 Å². The van der Waals surface area contributed by atoms with E-state index in [-0.39, 0.29) is 23.7 Å². The molecule has 1 saturated carbocycles. The summed E-state index contributed by atoms with van der Waals surface area (Å²) in [5.41, 5.74) is 0.888. The Hall–Kier alpha value is -3.06. The van der Waals surface area contributed by atoms with Gasteiger partial charge in [0.2, 0.25) is 5.95 Å². The maximum absolute atomic E-state index is 12.7. The van der Waals surface area contributed by atoms with Crippen LogP contribution in [0, 0.1) is 22.7 Å². The molecule has 2 aromatic rings. The molecule has 0 amide bonds. The number of anilines is 2. The topological polar surface area (TPSA) is 94.9 Å². The fourth-order valence-electron chi connectivity index (χ4n) is 3.99. The summed E-state index contributed by atoms with van der Waals surface area (Å²) in [6.45, 7) is 8.39. The second-order valence-corrected chi connectivity index (χ2v) is 10.1. The minimum Gasteiger partial charge on any atom is -0.405 e. The number of nitrogens with one attached hydrogen (secondary N) is 3. The highest BCUT2D eigenvalue weighted by molar-refractivity contribution is 5.53. The Labute approximate surface area is 204 Å². The van der Waals surface area contributed by atoms with Crippen LogP contribution in [0.2, 0.25) is 0 Å². The highest BCUT2D eigenvalue weighted by Crippen LogP contribution is 2.28. The molecule has 1 aliphatic rings. The number of hydrogen-bond acceptors (Lipinski definition) is 7. The van der Waals surface area contributed by atoms with Gasteiger partial charge in [0.05, 0.1) is 6.20 Å². The number of rotatable bonds is 9. The number of hydrogen-bond donors (Lipinski definition) is 3. The van der Waals surface area contributed by atoms with Gasteiger partial charge in [-0.05, 0) is 43.1 Å². The van der Waals surface area contributed by atoms with Gasteiger partial charge in [-0.25, -0.2) is 4.98 Å². The molecule has 190 valence electrons. The van der Waals surface area contributed by atoms with Gasteiger partial charge in [-0.15, -0.1) is 13.2 Å². The minimum absolute atomic E-state index is 0.0309. The molecular weight excluding hydrogens is 457 g/mol. The molecule has 0 bridgehead atoms. The second kappa shape index (κ2) is 11.6. The molecule has 0 spiro atoms. The number of aromatic nitrogens is 2. The van der Waals surface area contributed by atoms with E-state index >= 15 is 0 Å². The van der Waals surface area contributed by atoms with Crippen LogP contribution in [-0.4, -0.2) is 35.5 Å². The van der Waals surface area contributed by atoms with Gasteiger partial charge in [-0.1, -0.05) is 39.0 Å². The Balaban J connectivity index is 1.55. The lowest BCUT2D eigenvalue weighted by Crippen LogP contribution is -2.39. The molecule has 1 aromatic carbocycles. The molecule has 1 fully saturated rings. The second-order valence-electron chi connectivity index (χ2n) is 10.1. The highest BCUT2D eigenvalue weighted by Gasteiger charge is 2.32. The lowest BCUT2D eigenvalue weighted by atomic mass is 9.85. The molecule has 0 unspecified atom stereocenters. The van der Waals surface area contributed by atoms with E-state index in [1.807, 2.05) is 0 Å². The Bertz CT molecular complexity index is 1010. The molecule has 0 aliphatic heterocycles. The van der Waals surface area contributed by atoms with Crippen LogP contribution in [0.25, 0.3) is 0 Å². The van der Waals surface area contributed by atoms with Crippen molar-refractivity contribution < 1.29 is 17.9 Å². The first-order valence-electron chi connectivity index (χ1n) is 11.8. The summed E-state index contributed by atoms with van der Waals surface area (Å²) in [6.07, 6.45) is 1.03. The summed E-state index contributed by atoms with van der Waals surface area (Å²) in [4.78, 5) is 8.51. The predicted octanol–water partition coefficient (Wildman–Crippen LogP) is 5.47. The molecule has 0 radical (unpaired) electrons. The van der Waals surface area contributed by atoms with Gasteiger partial charge in [-0.2, -0.15) is 10.2 Å². The summed E-state index contributed by atoms with van der Waals surface area (Å²) < 4.78 is 42.1. The molecular formula is C25H33F3N6O. The molecule has 0 atom stereocenters. The summed E-state index contributed by atoms with van der Waals surface area (Å²) in [5, 5.41) is 19.3. The number of nitrogens with zero attached hydrogens (tertiary/aromatic N) is 3. The first kappa shape index (κ1) is 26.5. The lowest BCUT2D eigenvalue weighted by molar-refractivity contribution is -0.274. The van der Waals surface area contributed by atoms with Crippen LogP contribution in [0.1, 0.15) is 57.6 Å². The van der Waals surface area contributed by atoms with Crippen LogP contribution >= 0.6 is 0 Å². The lowest BCUT2D eigenvalue weighted by Gasteiger charge is -2.31. The van der Waals surface area contributed by atoms with Gasteiger partial charge in [-0.3, -0.25) is 0 Å². The van der Waals surface area contributed by atoms with Crippen LogP contribution in [0.15, 0.2) is 30.5 Å². The van der Waals surface area contributed by atoms with Gasteiger partial charge in [0.15, 0.2) is 0 Å². The SMILES string of the molecule is CC(C)(C)CNC1CCC(CNc2nc(NCc3ccccc3OC(F)(F)F)ncc2C#N)CC1. The first-order chi connectivity index (χ1) is 16.5. The van der Waals surface area contributed by atoms with Gasteiger partial charge < -0.3 is 20.7 Å². The zero-order chi connectivity index (χ0) is 25.5. The number of halogens is 3. The Morgan fingerprint density at radius 1 is 1.09 bits per heavy atom. The molecule has 3 rings (SSSR count). The molecule has 10 heteroatoms. The van der Waals surface area contributed by atoms with Gasteiger partial charge in [0.25, 0.3) is 0 Å². The largest absolute Gasteiger partial charge is 0.573 e. The summed E-state index contributed by atoms with van der Waals surface area (Å²) in [5.74, 6) is 0.820. The van der Waals surface area contributed by atoms with Crippen molar-refractivity contribution in [1.29, 1.82) is 5.26 Å². The van der Waals surface area contributed by atoms with E-state index in [4.69, 9.17) is 0 Å². The third kappa shape index (κ3) is 8.91. The summed E-state index contributed by atoms with van der Waals surface area (Å²) in [6, 6.07) is 8.51. The van der Waals surface area contributed by atoms with Crippen molar-refractivity contribution in [3.63, 3.8) is 0 Å². The zero-order valence-corrected chi connectivity index (χ0v) is 20.4. The Kier molecular flexibility index (Phi) is 8.78. The van der Waals surface area contributed by atoms with Gasteiger partial charge >= 0.3 is 6.36 Å². The first-order valence-corrected chi connectivity index (χ1v) is 11.8. The Morgan fingerprint density at radius 3 is 2.46 bits per heavy atom. The number of alkyl halides is 3. The maximum Gasteiger partial charge on any atom is 0.573 e. The van der Waals surface area contributed by atoms with Crippen molar-refractivity contribution >= 4 is 11.8 Å². The molecule has 1 heterocycles. The predicted molar refractivity (Wildman–Crippen MR) is 129 cm³/mol. The Morgan fingerprint density at radius 2 is 1.80 bits per heavy atom. The van der Waals surface area contributed by atoms with E-state index in [9.17, 15) is 18.4 Å². The maximum atomic E-state index is 12.7. The van der Waals surface area contributed by atoms with E-state index in [2.05, 4.69) is 57.5 Å². The molecule has 35 heavy (non-hydrogen) atoms. The van der Waals surface area contributed by atoms with Crippen LogP contribution < -0.4 is 20.7 Å². The van der Waals surface area contributed by atoms with Crippen molar-refractivity contribution in [2.75, 3.05) is 23.7 Å². The molecule has 0 saturated heterocycles. The van der Waals surface area contributed by atoms with Crippen LogP contribution in [0.4, 0.5) is 24.9 Å². The zero-order valence-electron chi connectivity index (χ0n) is 20.4. The standard InChI is InChI=1S/C25H33F3N6O/c1-24(2,3)16-33-20-10-8-17(9-11-20)13-30-22-19(12-29)15-32-23(34-22)31-14-18-6-4-5-7-21(18)35-25(26,27)28/h4-7,15,17,20,33H,8-11,13-14,16H2,1-3H3,(H2,30,31,32,34). The molecule has 3 N–H and O–H groups in total. The molecule has 1 aliphatic carbocycles. The van der Waals surface area contributed by atoms with Crippen molar-refractivity contribution in [3.8, 4) is 11.8 Å². The fourth-order valence-corrected chi connectivity index (χ4v) is 3.99. The normalized spacial score (nSPS) is 18.5. The molecule has 7 nitrogen and oxygen atoms in total. The summed E-state index contributed by atoms with van der Waals surface area (Å²) >= 11 is 0. The average molecular weight is 491 g/mol. The quantitative estimate of drug-likeness (QED) is 0.429. The van der Waals surface area contributed by atoms with Crippen molar-refractivity contribution in [3.05, 3.63) is 41.6 Å². The van der Waals surface area contributed by atoms with Crippen LogP contribution in [0.3, 0.4) is 0 Å². The number of benzene rings is 1. The molecule has 1 aromatic heterocycles. The van der Waals surface area contributed by atoms with Crippen LogP contribution in [-0.2, 0) is 6.54 Å². The minimum atomic E-state index is -4.78. The van der Waals surface area contributed by atoms with Gasteiger partial charge in [0.1, 0.15) is 23.2 Å². The van der Waals surface area contributed by atoms with E-state index in [1.54, 1.807) is 6.07 Å². The smallest absolute Gasteiger partial charge is 0.405 e. The third-order valence-corrected chi connectivity index (χ3v) is 5.87. The number of ether oxygens (including phenoxy) is 1. The van der Waals surface area contributed by atoms with Crippen LogP contribution in [0.5, 0.6) is 5.75 Å². The average Bonchev–Trinajstić information content (AvgIpc) is 2.80. The van der Waals surface area contributed by atoms with Gasteiger partial charge in [0, 0.05) is 31.2 Å². The van der Waals surface area contributed by atoms with Crippen molar-refractivity contribution in [2.45, 2.75) is 65.4 Å². The summed E-state index contributed by atoms with van der Waals surface area (Å²) in [7, 11) is 0. The van der Waals surface area contributed by atoms with Crippen molar-refractivity contribution in [1.82, 2.24) is 15.3 Å². The third-order valence-electron chi connectivity index (χ3n) is 5.87. The monoisotopic (exact) mass is 490 g/mol. The van der Waals surface area contributed by atoms with E-state index in [1.165, 1.54) is 24.4 Å². The fraction of sp³-hybridized carbons (Fsp3) is 0.560. The number of nitriles is 1. The van der Waals surface area contributed by atoms with E-state index in [0.29, 0.717) is 35.4 Å². The van der Waals surface area contributed by atoms with E-state index < -0.39 is 6.36 Å². The highest BCUT2D eigenvalue weighted by atomic mass is 19.4. The van der Waals surface area contributed by atoms with E-state index in [0.717, 1.165) is 32.2 Å². The number of para-hydroxylation sites is 1.